The van der Waals surface area contributed by atoms with Gasteiger partial charge in [-0.1, -0.05) is 86.5 Å². The van der Waals surface area contributed by atoms with E-state index in [0.717, 1.165) is 142 Å². The summed E-state index contributed by atoms with van der Waals surface area (Å²) in [6.07, 6.45) is 14.7. The smallest absolute Gasteiger partial charge is 0.182 e. The minimum atomic E-state index is -1.36. The number of anilines is 2. The fraction of sp³-hybridized carbons (Fsp3) is 0.524. The highest BCUT2D eigenvalue weighted by Gasteiger charge is 2.58. The molecule has 3 aromatic carbocycles. The Morgan fingerprint density at radius 3 is 1.90 bits per heavy atom. The third kappa shape index (κ3) is 10.8. The van der Waals surface area contributed by atoms with Crippen LogP contribution in [0.1, 0.15) is 169 Å². The molecule has 4 aromatic heterocycles. The second-order valence-electron chi connectivity index (χ2n) is 25.6. The summed E-state index contributed by atoms with van der Waals surface area (Å²) in [6.45, 7) is 15.2. The molecule has 8 heterocycles. The van der Waals surface area contributed by atoms with Crippen LogP contribution in [0.4, 0.5) is 11.6 Å². The van der Waals surface area contributed by atoms with Gasteiger partial charge >= 0.3 is 0 Å². The summed E-state index contributed by atoms with van der Waals surface area (Å²) in [5, 5.41) is 9.85. The van der Waals surface area contributed by atoms with Crippen molar-refractivity contribution in [3.05, 3.63) is 128 Å². The van der Waals surface area contributed by atoms with E-state index in [2.05, 4.69) is 116 Å². The molecule has 0 amide bonds. The second kappa shape index (κ2) is 22.8. The molecule has 4 aliphatic heterocycles. The number of benzene rings is 3. The van der Waals surface area contributed by atoms with Crippen LogP contribution < -0.4 is 19.2 Å². The maximum absolute atomic E-state index is 15.1. The standard InChI is InChI=1S/C63H75IN12O4S2/c1-60(2,3)82(78)72-56-46-22-12-11-21-45(46)47(63(56)29-33-74(34-30-63)50-40-66-54-57(64)70-76(59(54)68-50)52-24-14-16-36-80-52)38-61(4,5)41-81(77)71-55-44-20-10-9-19-43(44)37-62(55)27-31-73(32-28-62)49-39-65-53-48(26-25-42-17-7-6-8-18-42)69-75(58(53)67-49)51-23-13-15-35-79-51/h6-12,17-22,39-40,47,51-52,55-56,71-72H,13-16,23-24,27-38,41H2,1-5H3/t47?,51?,52?,55-,56-,81?,82?/m1/s1. The molecule has 13 rings (SSSR count). The van der Waals surface area contributed by atoms with Crippen LogP contribution in [0.15, 0.2) is 91.3 Å². The van der Waals surface area contributed by atoms with Crippen LogP contribution in [0.5, 0.6) is 0 Å². The van der Waals surface area contributed by atoms with E-state index >= 15 is 4.55 Å². The molecule has 19 heteroatoms. The molecular weight excluding hydrogens is 1180 g/mol. The third-order valence-electron chi connectivity index (χ3n) is 18.6. The van der Waals surface area contributed by atoms with Gasteiger partial charge in [-0.2, -0.15) is 10.2 Å². The number of rotatable bonds is 12. The van der Waals surface area contributed by atoms with Gasteiger partial charge in [-0.25, -0.2) is 29.3 Å². The zero-order valence-electron chi connectivity index (χ0n) is 47.8. The minimum Gasteiger partial charge on any atom is -0.598 e. The Bertz CT molecular complexity index is 3500. The molecule has 6 aliphatic rings. The number of halogens is 1. The summed E-state index contributed by atoms with van der Waals surface area (Å²) in [5.74, 6) is 8.85. The van der Waals surface area contributed by atoms with E-state index in [1.54, 1.807) is 0 Å². The number of hydrogen-bond acceptors (Lipinski definition) is 14. The molecule has 2 N–H and O–H groups in total. The van der Waals surface area contributed by atoms with Gasteiger partial charge in [0, 0.05) is 83.9 Å². The minimum absolute atomic E-state index is 0.0740. The third-order valence-corrected chi connectivity index (χ3v) is 22.4. The highest BCUT2D eigenvalue weighted by molar-refractivity contribution is 14.1. The predicted octanol–water partition coefficient (Wildman–Crippen LogP) is 11.1. The topological polar surface area (TPSA) is 182 Å². The lowest BCUT2D eigenvalue weighted by atomic mass is 9.63. The summed E-state index contributed by atoms with van der Waals surface area (Å²) in [7, 11) is 0. The Morgan fingerprint density at radius 1 is 0.671 bits per heavy atom. The molecule has 7 atom stereocenters. The van der Waals surface area contributed by atoms with E-state index < -0.39 is 27.5 Å². The Hall–Kier alpha value is -4.89. The van der Waals surface area contributed by atoms with Crippen molar-refractivity contribution in [3.8, 4) is 11.8 Å². The molecule has 5 unspecified atom stereocenters. The maximum atomic E-state index is 15.1. The number of fused-ring (bicyclic) bond motifs is 4. The fourth-order valence-electron chi connectivity index (χ4n) is 14.3. The van der Waals surface area contributed by atoms with Crippen LogP contribution in [0.25, 0.3) is 22.3 Å². The lowest BCUT2D eigenvalue weighted by molar-refractivity contribution is -0.0372. The van der Waals surface area contributed by atoms with Crippen molar-refractivity contribution in [2.75, 3.05) is 54.9 Å². The van der Waals surface area contributed by atoms with Crippen molar-refractivity contribution in [2.45, 2.75) is 147 Å². The number of nitrogens with one attached hydrogen (secondary N) is 2. The average Bonchev–Trinajstić information content (AvgIpc) is 4.40. The molecular formula is C63H75IN12O4S2. The van der Waals surface area contributed by atoms with Crippen LogP contribution in [0.2, 0.25) is 0 Å². The van der Waals surface area contributed by atoms with Crippen LogP contribution in [0, 0.1) is 31.8 Å². The van der Waals surface area contributed by atoms with Crippen LogP contribution in [0.3, 0.4) is 0 Å². The van der Waals surface area contributed by atoms with Crippen molar-refractivity contribution in [3.63, 3.8) is 0 Å². The first-order chi connectivity index (χ1) is 39.7. The molecule has 4 saturated heterocycles. The van der Waals surface area contributed by atoms with Crippen molar-refractivity contribution in [1.82, 2.24) is 48.9 Å². The van der Waals surface area contributed by atoms with E-state index in [1.807, 2.05) is 72.9 Å². The Labute approximate surface area is 501 Å². The molecule has 0 radical (unpaired) electrons. The van der Waals surface area contributed by atoms with Gasteiger partial charge in [0.15, 0.2) is 33.1 Å². The number of hydrogen-bond donors (Lipinski definition) is 2. The average molecular weight is 1260 g/mol. The molecule has 2 spiro atoms. The Kier molecular flexibility index (Phi) is 15.7. The van der Waals surface area contributed by atoms with E-state index in [0.29, 0.717) is 29.2 Å². The van der Waals surface area contributed by atoms with Crippen molar-refractivity contribution in [2.24, 2.45) is 16.2 Å². The fourth-order valence-corrected chi connectivity index (χ4v) is 17.4. The van der Waals surface area contributed by atoms with E-state index in [9.17, 15) is 4.55 Å². The van der Waals surface area contributed by atoms with Crippen molar-refractivity contribution in [1.29, 1.82) is 0 Å². The Morgan fingerprint density at radius 2 is 1.26 bits per heavy atom. The first kappa shape index (κ1) is 56.3. The summed E-state index contributed by atoms with van der Waals surface area (Å²) in [5.41, 5.74) is 8.86. The van der Waals surface area contributed by atoms with E-state index in [-0.39, 0.29) is 46.7 Å². The number of nitrogens with zero attached hydrogens (tertiary/aromatic N) is 10. The molecule has 7 aromatic rings. The summed E-state index contributed by atoms with van der Waals surface area (Å²) in [4.78, 5) is 25.2. The second-order valence-corrected chi connectivity index (χ2v) is 29.8. The molecule has 0 bridgehead atoms. The highest BCUT2D eigenvalue weighted by Crippen LogP contribution is 2.63. The van der Waals surface area contributed by atoms with Gasteiger partial charge in [-0.15, -0.1) is 9.44 Å². The van der Waals surface area contributed by atoms with Crippen molar-refractivity contribution < 1.29 is 18.6 Å². The molecule has 2 aliphatic carbocycles. The van der Waals surface area contributed by atoms with Gasteiger partial charge in [0.1, 0.15) is 33.2 Å². The van der Waals surface area contributed by atoms with Gasteiger partial charge < -0.3 is 28.4 Å². The first-order valence-electron chi connectivity index (χ1n) is 29.6. The SMILES string of the molecule is CC(C)(CC1c2ccccc2[C@@H](N[S+]([O-])C(C)(C)C)C12CCN(c1cnc3c(I)nn(C4CCCCO4)c3n1)CC2)C[S+]([O-])N[C@@H]1c2ccccc2CC12CCN(c1cnc3c(C#Cc4ccccc4)nn(C4CCCCO4)c3n1)CC2. The van der Waals surface area contributed by atoms with Gasteiger partial charge in [0.2, 0.25) is 0 Å². The summed E-state index contributed by atoms with van der Waals surface area (Å²) in [6, 6.07) is 27.4. The van der Waals surface area contributed by atoms with Gasteiger partial charge in [0.05, 0.1) is 24.5 Å². The van der Waals surface area contributed by atoms with Gasteiger partial charge in [0.25, 0.3) is 0 Å². The van der Waals surface area contributed by atoms with Gasteiger partial charge in [-0.3, -0.25) is 0 Å². The normalized spacial score (nSPS) is 24.2. The van der Waals surface area contributed by atoms with E-state index in [4.69, 9.17) is 39.6 Å². The van der Waals surface area contributed by atoms with Crippen LogP contribution in [-0.4, -0.2) is 98.5 Å². The van der Waals surface area contributed by atoms with E-state index in [1.165, 1.54) is 22.3 Å². The lowest BCUT2D eigenvalue weighted by Crippen LogP contribution is -2.51. The summed E-state index contributed by atoms with van der Waals surface area (Å²) >= 11 is -0.417. The Balaban J connectivity index is 0.738. The monoisotopic (exact) mass is 1250 g/mol. The molecule has 16 nitrogen and oxygen atoms in total. The highest BCUT2D eigenvalue weighted by atomic mass is 127. The zero-order valence-corrected chi connectivity index (χ0v) is 51.6. The zero-order chi connectivity index (χ0) is 56.4. The molecule has 4 fully saturated rings. The van der Waals surface area contributed by atoms with Crippen molar-refractivity contribution >= 4 is 79.3 Å². The molecule has 430 valence electrons. The van der Waals surface area contributed by atoms with Crippen LogP contribution in [-0.2, 0) is 38.6 Å². The molecule has 0 saturated carbocycles. The quantitative estimate of drug-likeness (QED) is 0.0669. The maximum Gasteiger partial charge on any atom is 0.182 e. The van der Waals surface area contributed by atoms with Gasteiger partial charge in [-0.05, 0) is 167 Å². The predicted molar refractivity (Wildman–Crippen MR) is 332 cm³/mol. The largest absolute Gasteiger partial charge is 0.598 e. The number of aromatic nitrogens is 8. The molecule has 82 heavy (non-hydrogen) atoms. The lowest BCUT2D eigenvalue weighted by Gasteiger charge is -2.48. The van der Waals surface area contributed by atoms with Crippen LogP contribution >= 0.6 is 22.6 Å². The number of ether oxygens (including phenoxy) is 2. The first-order valence-corrected chi connectivity index (χ1v) is 33.2. The number of piperidine rings is 2. The summed E-state index contributed by atoms with van der Waals surface area (Å²) < 4.78 is 53.7.